The molecule has 0 radical (unpaired) electrons. The molecule has 1 aliphatic heterocycles. The Kier molecular flexibility index (Phi) is 5.08. The second kappa shape index (κ2) is 7.14. The predicted molar refractivity (Wildman–Crippen MR) is 91.9 cm³/mol. The molecule has 0 spiro atoms. The van der Waals surface area contributed by atoms with Crippen molar-refractivity contribution in [3.63, 3.8) is 0 Å². The fourth-order valence-corrected chi connectivity index (χ4v) is 3.81. The van der Waals surface area contributed by atoms with E-state index in [9.17, 15) is 22.8 Å². The molecule has 0 bridgehead atoms. The second-order valence-electron chi connectivity index (χ2n) is 6.27. The second-order valence-corrected chi connectivity index (χ2v) is 7.25. The summed E-state index contributed by atoms with van der Waals surface area (Å²) in [5.74, 6) is -4.47. The van der Waals surface area contributed by atoms with Crippen molar-refractivity contribution in [1.82, 2.24) is 9.55 Å². The molecular formula is C17H16F3N3O2S. The number of rotatable bonds is 4. The molecule has 0 saturated carbocycles. The highest BCUT2D eigenvalue weighted by molar-refractivity contribution is 7.99. The summed E-state index contributed by atoms with van der Waals surface area (Å²) in [6, 6.07) is 2.69. The topological polar surface area (TPSA) is 64.0 Å². The Morgan fingerprint density at radius 1 is 1.35 bits per heavy atom. The number of nitrogens with one attached hydrogen (secondary N) is 1. The van der Waals surface area contributed by atoms with E-state index in [-0.39, 0.29) is 17.9 Å². The van der Waals surface area contributed by atoms with Gasteiger partial charge in [0.25, 0.3) is 5.56 Å². The van der Waals surface area contributed by atoms with E-state index in [1.165, 1.54) is 22.4 Å². The van der Waals surface area contributed by atoms with Gasteiger partial charge >= 0.3 is 0 Å². The van der Waals surface area contributed by atoms with E-state index in [1.807, 2.05) is 13.8 Å². The number of aromatic nitrogens is 2. The van der Waals surface area contributed by atoms with Crippen LogP contribution in [0.1, 0.15) is 37.9 Å². The van der Waals surface area contributed by atoms with Crippen molar-refractivity contribution >= 4 is 23.4 Å². The van der Waals surface area contributed by atoms with Gasteiger partial charge in [-0.25, -0.2) is 18.2 Å². The maximum atomic E-state index is 13.7. The number of anilines is 1. The van der Waals surface area contributed by atoms with Crippen LogP contribution in [0, 0.1) is 17.5 Å². The lowest BCUT2D eigenvalue weighted by Gasteiger charge is -2.14. The molecule has 1 aromatic carbocycles. The fraction of sp³-hybridized carbons (Fsp3) is 0.353. The summed E-state index contributed by atoms with van der Waals surface area (Å²) >= 11 is 1.37. The van der Waals surface area contributed by atoms with E-state index in [0.29, 0.717) is 16.6 Å². The normalized spacial score (nSPS) is 16.0. The van der Waals surface area contributed by atoms with Crippen LogP contribution in [0.5, 0.6) is 0 Å². The number of nitrogens with zero attached hydrogens (tertiary/aromatic N) is 2. The molecule has 9 heteroatoms. The van der Waals surface area contributed by atoms with E-state index in [4.69, 9.17) is 0 Å². The van der Waals surface area contributed by atoms with Gasteiger partial charge in [0.2, 0.25) is 5.91 Å². The molecule has 26 heavy (non-hydrogen) atoms. The molecule has 2 heterocycles. The van der Waals surface area contributed by atoms with Crippen molar-refractivity contribution in [3.05, 3.63) is 51.7 Å². The molecule has 5 nitrogen and oxygen atoms in total. The molecule has 138 valence electrons. The number of amides is 1. The van der Waals surface area contributed by atoms with Crippen LogP contribution in [0.25, 0.3) is 0 Å². The largest absolute Gasteiger partial charge is 0.323 e. The molecule has 3 rings (SSSR count). The van der Waals surface area contributed by atoms with Crippen molar-refractivity contribution in [3.8, 4) is 0 Å². The lowest BCUT2D eigenvalue weighted by Crippen LogP contribution is -2.28. The van der Waals surface area contributed by atoms with Crippen molar-refractivity contribution < 1.29 is 18.0 Å². The van der Waals surface area contributed by atoms with Gasteiger partial charge in [0.05, 0.1) is 17.4 Å². The molecule has 1 amide bonds. The third-order valence-corrected chi connectivity index (χ3v) is 5.13. The summed E-state index contributed by atoms with van der Waals surface area (Å²) in [5.41, 5.74) is -0.0105. The van der Waals surface area contributed by atoms with Crippen LogP contribution >= 0.6 is 11.8 Å². The summed E-state index contributed by atoms with van der Waals surface area (Å²) < 4.78 is 41.3. The lowest BCUT2D eigenvalue weighted by atomic mass is 10.1. The highest BCUT2D eigenvalue weighted by Crippen LogP contribution is 2.33. The Balaban J connectivity index is 1.77. The highest BCUT2D eigenvalue weighted by Gasteiger charge is 2.28. The zero-order valence-corrected chi connectivity index (χ0v) is 14.9. The van der Waals surface area contributed by atoms with Gasteiger partial charge in [-0.05, 0) is 18.1 Å². The Morgan fingerprint density at radius 3 is 2.77 bits per heavy atom. The Bertz CT molecular complexity index is 930. The number of hydrogen-bond donors (Lipinski definition) is 1. The van der Waals surface area contributed by atoms with Gasteiger partial charge in [0.1, 0.15) is 0 Å². The van der Waals surface area contributed by atoms with Crippen molar-refractivity contribution in [1.29, 1.82) is 0 Å². The molecule has 1 aromatic heterocycles. The van der Waals surface area contributed by atoms with Gasteiger partial charge in [-0.1, -0.05) is 25.6 Å². The average molecular weight is 383 g/mol. The zero-order valence-electron chi connectivity index (χ0n) is 14.1. The number of benzene rings is 1. The number of carbonyl (C=O) groups excluding carboxylic acids is 1. The van der Waals surface area contributed by atoms with Gasteiger partial charge in [0, 0.05) is 18.2 Å². The van der Waals surface area contributed by atoms with Gasteiger partial charge in [-0.3, -0.25) is 14.2 Å². The highest BCUT2D eigenvalue weighted by atomic mass is 32.2. The van der Waals surface area contributed by atoms with E-state index < -0.39 is 35.1 Å². The minimum atomic E-state index is -1.65. The SMILES string of the molecule is CC(C)c1cc(=O)n2c(n1)SC[C@H]2CC(=O)Nc1ccc(F)c(F)c1F. The van der Waals surface area contributed by atoms with Crippen LogP contribution in [0.3, 0.4) is 0 Å². The first kappa shape index (κ1) is 18.5. The van der Waals surface area contributed by atoms with E-state index in [2.05, 4.69) is 10.3 Å². The van der Waals surface area contributed by atoms with Crippen molar-refractivity contribution in [2.24, 2.45) is 0 Å². The Hall–Kier alpha value is -2.29. The maximum absolute atomic E-state index is 13.7. The van der Waals surface area contributed by atoms with Gasteiger partial charge in [-0.15, -0.1) is 0 Å². The number of halogens is 3. The summed E-state index contributed by atoms with van der Waals surface area (Å²) in [5, 5.41) is 2.76. The fourth-order valence-electron chi connectivity index (χ4n) is 2.65. The molecule has 1 atom stereocenters. The average Bonchev–Trinajstić information content (AvgIpc) is 2.98. The number of thioether (sulfide) groups is 1. The third-order valence-electron chi connectivity index (χ3n) is 4.03. The molecular weight excluding hydrogens is 367 g/mol. The van der Waals surface area contributed by atoms with Crippen LogP contribution < -0.4 is 10.9 Å². The Morgan fingerprint density at radius 2 is 2.08 bits per heavy atom. The molecule has 0 fully saturated rings. The standard InChI is InChI=1S/C17H16F3N3O2S/c1-8(2)12-6-14(25)23-9(7-26-17(23)22-12)5-13(24)21-11-4-3-10(18)15(19)16(11)20/h3-4,6,8-9H,5,7H2,1-2H3,(H,21,24)/t9-/m1/s1. The van der Waals surface area contributed by atoms with Crippen LogP contribution in [-0.4, -0.2) is 21.2 Å². The lowest BCUT2D eigenvalue weighted by molar-refractivity contribution is -0.116. The molecule has 0 saturated heterocycles. The third kappa shape index (κ3) is 3.48. The summed E-state index contributed by atoms with van der Waals surface area (Å²) in [6.07, 6.45) is -0.110. The van der Waals surface area contributed by atoms with E-state index in [0.717, 1.165) is 12.1 Å². The first-order chi connectivity index (χ1) is 12.3. The molecule has 1 aliphatic rings. The summed E-state index contributed by atoms with van der Waals surface area (Å²) in [4.78, 5) is 29.0. The molecule has 0 unspecified atom stereocenters. The summed E-state index contributed by atoms with van der Waals surface area (Å²) in [7, 11) is 0. The Labute approximate surface area is 151 Å². The summed E-state index contributed by atoms with van der Waals surface area (Å²) in [6.45, 7) is 3.86. The predicted octanol–water partition coefficient (Wildman–Crippen LogP) is 3.46. The number of carbonyl (C=O) groups is 1. The minimum Gasteiger partial charge on any atom is -0.323 e. The monoisotopic (exact) mass is 383 g/mol. The quantitative estimate of drug-likeness (QED) is 0.649. The van der Waals surface area contributed by atoms with E-state index in [1.54, 1.807) is 0 Å². The van der Waals surface area contributed by atoms with Gasteiger partial charge in [0.15, 0.2) is 22.6 Å². The zero-order chi connectivity index (χ0) is 19.0. The molecule has 1 N–H and O–H groups in total. The maximum Gasteiger partial charge on any atom is 0.254 e. The van der Waals surface area contributed by atoms with Crippen molar-refractivity contribution in [2.45, 2.75) is 37.4 Å². The van der Waals surface area contributed by atoms with Crippen LogP contribution in [0.15, 0.2) is 28.2 Å². The van der Waals surface area contributed by atoms with Crippen LogP contribution in [0.2, 0.25) is 0 Å². The number of fused-ring (bicyclic) bond motifs is 1. The first-order valence-electron chi connectivity index (χ1n) is 7.97. The minimum absolute atomic E-state index is 0.105. The van der Waals surface area contributed by atoms with Crippen molar-refractivity contribution in [2.75, 3.05) is 11.1 Å². The smallest absolute Gasteiger partial charge is 0.254 e. The first-order valence-corrected chi connectivity index (χ1v) is 8.96. The van der Waals surface area contributed by atoms with Crippen LogP contribution in [0.4, 0.5) is 18.9 Å². The van der Waals surface area contributed by atoms with Gasteiger partial charge in [-0.2, -0.15) is 0 Å². The molecule has 2 aromatic rings. The van der Waals surface area contributed by atoms with E-state index >= 15 is 0 Å². The van der Waals surface area contributed by atoms with Crippen LogP contribution in [-0.2, 0) is 4.79 Å². The molecule has 0 aliphatic carbocycles. The van der Waals surface area contributed by atoms with Gasteiger partial charge < -0.3 is 5.32 Å². The number of hydrogen-bond acceptors (Lipinski definition) is 4.